The van der Waals surface area contributed by atoms with Crippen LogP contribution in [0.25, 0.3) is 22.0 Å². The van der Waals surface area contributed by atoms with Crippen LogP contribution in [0.2, 0.25) is 0 Å². The quantitative estimate of drug-likeness (QED) is 0.695. The van der Waals surface area contributed by atoms with Gasteiger partial charge in [-0.05, 0) is 22.9 Å². The van der Waals surface area contributed by atoms with Gasteiger partial charge in [0.05, 0.1) is 0 Å². The number of benzene rings is 2. The summed E-state index contributed by atoms with van der Waals surface area (Å²) in [6.07, 6.45) is 2.29. The summed E-state index contributed by atoms with van der Waals surface area (Å²) < 4.78 is 5.72. The van der Waals surface area contributed by atoms with Gasteiger partial charge in [0.2, 0.25) is 0 Å². The summed E-state index contributed by atoms with van der Waals surface area (Å²) in [7, 11) is 0. The smallest absolute Gasteiger partial charge is 0.143 e. The minimum absolute atomic E-state index is 0.721. The van der Waals surface area contributed by atoms with Gasteiger partial charge >= 0.3 is 0 Å². The second kappa shape index (κ2) is 5.94. The molecule has 1 fully saturated rings. The van der Waals surface area contributed by atoms with Crippen molar-refractivity contribution >= 4 is 22.5 Å². The Morgan fingerprint density at radius 1 is 1.12 bits per heavy atom. The summed E-state index contributed by atoms with van der Waals surface area (Å²) in [6.45, 7) is 2.07. The Morgan fingerprint density at radius 3 is 2.96 bits per heavy atom. The van der Waals surface area contributed by atoms with Crippen molar-refractivity contribution in [1.29, 1.82) is 0 Å². The molecule has 3 nitrogen and oxygen atoms in total. The highest BCUT2D eigenvalue weighted by Gasteiger charge is 2.30. The fourth-order valence-corrected chi connectivity index (χ4v) is 5.25. The Hall–Kier alpha value is -1.78. The molecule has 2 aromatic carbocycles. The molecule has 0 unspecified atom stereocenters. The van der Waals surface area contributed by atoms with E-state index in [1.165, 1.54) is 39.8 Å². The second-order valence-corrected chi connectivity index (χ2v) is 7.85. The van der Waals surface area contributed by atoms with Crippen molar-refractivity contribution in [3.63, 3.8) is 0 Å². The number of aromatic nitrogens is 1. The standard InChI is InChI=1S/C20H20N2OS/c1-2-6-16-14(4-1)5-3-7-17(16)20-18-12-22(15-9-11-24-13-15)10-8-19(18)23-21-20/h1-7,15H,8-13H2/t15-/m0/s1. The van der Waals surface area contributed by atoms with Crippen molar-refractivity contribution in [3.8, 4) is 11.3 Å². The summed E-state index contributed by atoms with van der Waals surface area (Å²) in [5.41, 5.74) is 3.53. The van der Waals surface area contributed by atoms with E-state index in [-0.39, 0.29) is 0 Å². The highest BCUT2D eigenvalue weighted by atomic mass is 32.2. The lowest BCUT2D eigenvalue weighted by Crippen LogP contribution is -2.39. The van der Waals surface area contributed by atoms with Gasteiger partial charge in [0.1, 0.15) is 11.5 Å². The van der Waals surface area contributed by atoms with Crippen LogP contribution in [0.3, 0.4) is 0 Å². The van der Waals surface area contributed by atoms with Crippen molar-refractivity contribution in [2.45, 2.75) is 25.4 Å². The fourth-order valence-electron chi connectivity index (χ4n) is 4.00. The maximum absolute atomic E-state index is 5.72. The molecule has 122 valence electrons. The number of thioether (sulfide) groups is 1. The van der Waals surface area contributed by atoms with Gasteiger partial charge in [-0.25, -0.2) is 0 Å². The van der Waals surface area contributed by atoms with Crippen molar-refractivity contribution in [2.75, 3.05) is 18.1 Å². The molecule has 0 saturated carbocycles. The molecule has 2 aliphatic rings. The lowest BCUT2D eigenvalue weighted by atomic mass is 9.96. The van der Waals surface area contributed by atoms with Crippen molar-refractivity contribution < 1.29 is 4.52 Å². The van der Waals surface area contributed by atoms with Crippen LogP contribution < -0.4 is 0 Å². The number of hydrogen-bond acceptors (Lipinski definition) is 4. The van der Waals surface area contributed by atoms with E-state index in [0.29, 0.717) is 0 Å². The highest BCUT2D eigenvalue weighted by molar-refractivity contribution is 7.99. The molecule has 0 aliphatic carbocycles. The van der Waals surface area contributed by atoms with Crippen LogP contribution in [0, 0.1) is 0 Å². The molecular weight excluding hydrogens is 316 g/mol. The van der Waals surface area contributed by atoms with Crippen LogP contribution in [0.4, 0.5) is 0 Å². The maximum Gasteiger partial charge on any atom is 0.143 e. The van der Waals surface area contributed by atoms with Crippen molar-refractivity contribution in [2.24, 2.45) is 0 Å². The number of hydrogen-bond donors (Lipinski definition) is 0. The topological polar surface area (TPSA) is 29.3 Å². The van der Waals surface area contributed by atoms with E-state index in [1.54, 1.807) is 0 Å². The molecule has 24 heavy (non-hydrogen) atoms. The van der Waals surface area contributed by atoms with Gasteiger partial charge in [-0.1, -0.05) is 47.6 Å². The summed E-state index contributed by atoms with van der Waals surface area (Å²) in [5, 5.41) is 6.98. The largest absolute Gasteiger partial charge is 0.360 e. The second-order valence-electron chi connectivity index (χ2n) is 6.70. The molecule has 5 rings (SSSR count). The SMILES string of the molecule is c1ccc2c(-c3noc4c3CN([C@H]3CCSC3)CC4)cccc2c1. The summed E-state index contributed by atoms with van der Waals surface area (Å²) in [5.74, 6) is 3.65. The molecule has 1 atom stereocenters. The Bertz CT molecular complexity index is 877. The number of nitrogens with zero attached hydrogens (tertiary/aromatic N) is 2. The predicted octanol–water partition coefficient (Wildman–Crippen LogP) is 4.36. The molecule has 2 aliphatic heterocycles. The van der Waals surface area contributed by atoms with Crippen LogP contribution in [0.5, 0.6) is 0 Å². The van der Waals surface area contributed by atoms with E-state index in [2.05, 4.69) is 64.3 Å². The monoisotopic (exact) mass is 336 g/mol. The zero-order chi connectivity index (χ0) is 15.9. The van der Waals surface area contributed by atoms with Crippen LogP contribution >= 0.6 is 11.8 Å². The molecule has 0 bridgehead atoms. The minimum atomic E-state index is 0.721. The van der Waals surface area contributed by atoms with Crippen molar-refractivity contribution in [3.05, 3.63) is 53.8 Å². The Balaban J connectivity index is 1.57. The molecule has 0 spiro atoms. The highest BCUT2D eigenvalue weighted by Crippen LogP contribution is 2.35. The normalized spacial score (nSPS) is 21.2. The molecule has 0 radical (unpaired) electrons. The van der Waals surface area contributed by atoms with Gasteiger partial charge in [-0.2, -0.15) is 11.8 Å². The first-order valence-electron chi connectivity index (χ1n) is 8.67. The third-order valence-corrected chi connectivity index (χ3v) is 6.47. The first kappa shape index (κ1) is 14.6. The first-order chi connectivity index (χ1) is 11.9. The van der Waals surface area contributed by atoms with E-state index in [1.807, 2.05) is 0 Å². The Kier molecular flexibility index (Phi) is 3.60. The van der Waals surface area contributed by atoms with E-state index >= 15 is 0 Å². The molecule has 1 saturated heterocycles. The van der Waals surface area contributed by atoms with E-state index in [4.69, 9.17) is 4.52 Å². The first-order valence-corrected chi connectivity index (χ1v) is 9.83. The lowest BCUT2D eigenvalue weighted by Gasteiger charge is -2.31. The van der Waals surface area contributed by atoms with Crippen LogP contribution in [-0.4, -0.2) is 34.1 Å². The molecule has 3 heterocycles. The summed E-state index contributed by atoms with van der Waals surface area (Å²) in [6, 6.07) is 15.7. The third-order valence-electron chi connectivity index (χ3n) is 5.32. The molecule has 3 aromatic rings. The van der Waals surface area contributed by atoms with Crippen molar-refractivity contribution in [1.82, 2.24) is 10.1 Å². The average Bonchev–Trinajstić information content (AvgIpc) is 3.30. The molecule has 1 aromatic heterocycles. The molecule has 4 heteroatoms. The van der Waals surface area contributed by atoms with Crippen LogP contribution in [0.1, 0.15) is 17.7 Å². The van der Waals surface area contributed by atoms with Gasteiger partial charge in [-0.15, -0.1) is 0 Å². The summed E-state index contributed by atoms with van der Waals surface area (Å²) in [4.78, 5) is 2.63. The predicted molar refractivity (Wildman–Crippen MR) is 99.3 cm³/mol. The van der Waals surface area contributed by atoms with Gasteiger partial charge in [0.15, 0.2) is 0 Å². The lowest BCUT2D eigenvalue weighted by molar-refractivity contribution is 0.184. The Morgan fingerprint density at radius 2 is 2.04 bits per heavy atom. The van der Waals surface area contributed by atoms with E-state index in [9.17, 15) is 0 Å². The third kappa shape index (κ3) is 2.36. The van der Waals surface area contributed by atoms with E-state index < -0.39 is 0 Å². The van der Waals surface area contributed by atoms with Gasteiger partial charge < -0.3 is 4.52 Å². The Labute approximate surface area is 146 Å². The zero-order valence-corrected chi connectivity index (χ0v) is 14.4. The van der Waals surface area contributed by atoms with Crippen LogP contribution in [-0.2, 0) is 13.0 Å². The molecular formula is C20H20N2OS. The molecule has 0 N–H and O–H groups in total. The molecule has 0 amide bonds. The summed E-state index contributed by atoms with van der Waals surface area (Å²) >= 11 is 2.08. The number of rotatable bonds is 2. The zero-order valence-electron chi connectivity index (χ0n) is 13.6. The number of fused-ring (bicyclic) bond motifs is 2. The van der Waals surface area contributed by atoms with Crippen LogP contribution in [0.15, 0.2) is 47.0 Å². The maximum atomic E-state index is 5.72. The average molecular weight is 336 g/mol. The van der Waals surface area contributed by atoms with Gasteiger partial charge in [0, 0.05) is 42.4 Å². The van der Waals surface area contributed by atoms with E-state index in [0.717, 1.165) is 37.0 Å². The minimum Gasteiger partial charge on any atom is -0.360 e. The van der Waals surface area contributed by atoms with Gasteiger partial charge in [-0.3, -0.25) is 4.90 Å². The fraction of sp³-hybridized carbons (Fsp3) is 0.350. The van der Waals surface area contributed by atoms with Gasteiger partial charge in [0.25, 0.3) is 0 Å².